The second-order valence-electron chi connectivity index (χ2n) is 2.44. The molecule has 1 heterocycles. The summed E-state index contributed by atoms with van der Waals surface area (Å²) in [6.07, 6.45) is 1.09. The average Bonchev–Trinajstić information content (AvgIpc) is 2.13. The molecule has 3 heteroatoms. The van der Waals surface area contributed by atoms with Gasteiger partial charge in [-0.25, -0.2) is 0 Å². The fraction of sp³-hybridized carbons (Fsp3) is 0.833. The van der Waals surface area contributed by atoms with E-state index in [4.69, 9.17) is 0 Å². The Morgan fingerprint density at radius 1 is 1.67 bits per heavy atom. The third-order valence-corrected chi connectivity index (χ3v) is 1.92. The van der Waals surface area contributed by atoms with E-state index in [2.05, 4.69) is 17.6 Å². The van der Waals surface area contributed by atoms with Crippen LogP contribution in [-0.4, -0.2) is 36.6 Å². The minimum atomic E-state index is 0.375. The molecule has 0 bridgehead atoms. The van der Waals surface area contributed by atoms with Crippen LogP contribution in [0.15, 0.2) is 4.99 Å². The van der Waals surface area contributed by atoms with Gasteiger partial charge in [0.15, 0.2) is 0 Å². The molecular formula is C6H12N2S. The highest BCUT2D eigenvalue weighted by atomic mass is 32.1. The van der Waals surface area contributed by atoms with Gasteiger partial charge in [0.05, 0.1) is 5.25 Å². The zero-order valence-electron chi connectivity index (χ0n) is 5.83. The van der Waals surface area contributed by atoms with Crippen LogP contribution in [0.4, 0.5) is 0 Å². The first-order valence-electron chi connectivity index (χ1n) is 3.11. The van der Waals surface area contributed by atoms with E-state index in [1.165, 1.54) is 0 Å². The molecule has 0 aliphatic carbocycles. The first kappa shape index (κ1) is 6.93. The van der Waals surface area contributed by atoms with Crippen LogP contribution in [0.1, 0.15) is 6.42 Å². The van der Waals surface area contributed by atoms with Crippen LogP contribution in [0.2, 0.25) is 0 Å². The van der Waals surface area contributed by atoms with Crippen molar-refractivity contribution in [2.45, 2.75) is 11.7 Å². The van der Waals surface area contributed by atoms with Crippen molar-refractivity contribution < 1.29 is 0 Å². The summed E-state index contributed by atoms with van der Waals surface area (Å²) in [6.45, 7) is 0.946. The minimum Gasteiger partial charge on any atom is -0.366 e. The van der Waals surface area contributed by atoms with Gasteiger partial charge >= 0.3 is 0 Å². The van der Waals surface area contributed by atoms with Crippen LogP contribution in [0.5, 0.6) is 0 Å². The maximum absolute atomic E-state index is 4.35. The highest BCUT2D eigenvalue weighted by Gasteiger charge is 2.17. The lowest BCUT2D eigenvalue weighted by Gasteiger charge is -2.14. The summed E-state index contributed by atoms with van der Waals surface area (Å²) in [4.78, 5) is 6.31. The minimum absolute atomic E-state index is 0.375. The van der Waals surface area contributed by atoms with Gasteiger partial charge in [-0.1, -0.05) is 0 Å². The molecule has 0 aromatic carbocycles. The van der Waals surface area contributed by atoms with Gasteiger partial charge in [-0.3, -0.25) is 4.99 Å². The molecule has 0 radical (unpaired) electrons. The molecule has 1 aliphatic rings. The van der Waals surface area contributed by atoms with Gasteiger partial charge in [0, 0.05) is 20.6 Å². The van der Waals surface area contributed by atoms with Crippen molar-refractivity contribution in [2.24, 2.45) is 4.99 Å². The van der Waals surface area contributed by atoms with E-state index in [1.54, 1.807) is 0 Å². The van der Waals surface area contributed by atoms with Crippen molar-refractivity contribution in [1.82, 2.24) is 4.90 Å². The average molecular weight is 144 g/mol. The molecule has 0 aromatic heterocycles. The summed E-state index contributed by atoms with van der Waals surface area (Å²) in [5.74, 6) is 1.12. The SMILES string of the molecule is CN(C)C1=NCCC1S. The van der Waals surface area contributed by atoms with Crippen LogP contribution in [0.3, 0.4) is 0 Å². The number of aliphatic imine (C=N–C) groups is 1. The largest absolute Gasteiger partial charge is 0.366 e. The number of hydrogen-bond donors (Lipinski definition) is 1. The van der Waals surface area contributed by atoms with Crippen molar-refractivity contribution in [1.29, 1.82) is 0 Å². The van der Waals surface area contributed by atoms with Gasteiger partial charge < -0.3 is 4.90 Å². The molecular weight excluding hydrogens is 132 g/mol. The third kappa shape index (κ3) is 1.39. The lowest BCUT2D eigenvalue weighted by atomic mass is 10.3. The van der Waals surface area contributed by atoms with E-state index in [0.717, 1.165) is 18.8 Å². The Morgan fingerprint density at radius 3 is 2.56 bits per heavy atom. The smallest absolute Gasteiger partial charge is 0.111 e. The summed E-state index contributed by atoms with van der Waals surface area (Å²) < 4.78 is 0. The zero-order valence-corrected chi connectivity index (χ0v) is 6.73. The predicted molar refractivity (Wildman–Crippen MR) is 43.4 cm³/mol. The molecule has 0 saturated heterocycles. The Bertz CT molecular complexity index is 131. The van der Waals surface area contributed by atoms with E-state index < -0.39 is 0 Å². The molecule has 1 aliphatic heterocycles. The highest BCUT2D eigenvalue weighted by Crippen LogP contribution is 2.12. The predicted octanol–water partition coefficient (Wildman–Crippen LogP) is 0.649. The molecule has 52 valence electrons. The molecule has 9 heavy (non-hydrogen) atoms. The van der Waals surface area contributed by atoms with Crippen molar-refractivity contribution in [3.63, 3.8) is 0 Å². The summed E-state index contributed by atoms with van der Waals surface area (Å²) in [6, 6.07) is 0. The summed E-state index contributed by atoms with van der Waals surface area (Å²) in [7, 11) is 4.01. The van der Waals surface area contributed by atoms with E-state index >= 15 is 0 Å². The monoisotopic (exact) mass is 144 g/mol. The lowest BCUT2D eigenvalue weighted by Crippen LogP contribution is -2.27. The maximum Gasteiger partial charge on any atom is 0.111 e. The zero-order chi connectivity index (χ0) is 6.85. The van der Waals surface area contributed by atoms with Gasteiger partial charge in [-0.15, -0.1) is 0 Å². The van der Waals surface area contributed by atoms with Crippen molar-refractivity contribution in [2.75, 3.05) is 20.6 Å². The van der Waals surface area contributed by atoms with Gasteiger partial charge in [0.25, 0.3) is 0 Å². The topological polar surface area (TPSA) is 15.6 Å². The number of nitrogens with zero attached hydrogens (tertiary/aromatic N) is 2. The Kier molecular flexibility index (Phi) is 2.01. The Labute approximate surface area is 61.4 Å². The summed E-state index contributed by atoms with van der Waals surface area (Å²) in [5.41, 5.74) is 0. The highest BCUT2D eigenvalue weighted by molar-refractivity contribution is 7.81. The Balaban J connectivity index is 2.57. The molecule has 1 rings (SSSR count). The van der Waals surface area contributed by atoms with E-state index in [9.17, 15) is 0 Å². The van der Waals surface area contributed by atoms with Crippen LogP contribution in [0, 0.1) is 0 Å². The molecule has 1 atom stereocenters. The normalized spacial score (nSPS) is 26.1. The van der Waals surface area contributed by atoms with Gasteiger partial charge in [0.1, 0.15) is 5.84 Å². The van der Waals surface area contributed by atoms with Crippen LogP contribution in [-0.2, 0) is 0 Å². The van der Waals surface area contributed by atoms with Crippen molar-refractivity contribution >= 4 is 18.5 Å². The molecule has 0 N–H and O–H groups in total. The maximum atomic E-state index is 4.35. The van der Waals surface area contributed by atoms with E-state index in [0.29, 0.717) is 5.25 Å². The van der Waals surface area contributed by atoms with E-state index in [1.807, 2.05) is 19.0 Å². The lowest BCUT2D eigenvalue weighted by molar-refractivity contribution is 0.613. The van der Waals surface area contributed by atoms with Crippen LogP contribution in [0.25, 0.3) is 0 Å². The standard InChI is InChI=1S/C6H12N2S/c1-8(2)6-5(9)3-4-7-6/h5,9H,3-4H2,1-2H3. The number of amidine groups is 1. The van der Waals surface area contributed by atoms with E-state index in [-0.39, 0.29) is 0 Å². The Hall–Kier alpha value is -0.180. The van der Waals surface area contributed by atoms with Gasteiger partial charge in [-0.2, -0.15) is 12.6 Å². The van der Waals surface area contributed by atoms with Crippen LogP contribution >= 0.6 is 12.6 Å². The van der Waals surface area contributed by atoms with Crippen molar-refractivity contribution in [3.8, 4) is 0 Å². The summed E-state index contributed by atoms with van der Waals surface area (Å²) >= 11 is 4.35. The molecule has 0 spiro atoms. The molecule has 0 amide bonds. The van der Waals surface area contributed by atoms with Crippen LogP contribution < -0.4 is 0 Å². The molecule has 1 unspecified atom stereocenters. The molecule has 0 aromatic rings. The second-order valence-corrected chi connectivity index (χ2v) is 3.06. The van der Waals surface area contributed by atoms with Gasteiger partial charge in [0.2, 0.25) is 0 Å². The molecule has 0 saturated carbocycles. The Morgan fingerprint density at radius 2 is 2.33 bits per heavy atom. The van der Waals surface area contributed by atoms with Gasteiger partial charge in [-0.05, 0) is 6.42 Å². The fourth-order valence-electron chi connectivity index (χ4n) is 0.975. The molecule has 0 fully saturated rings. The second kappa shape index (κ2) is 2.60. The number of rotatable bonds is 0. The first-order valence-corrected chi connectivity index (χ1v) is 3.63. The number of hydrogen-bond acceptors (Lipinski definition) is 3. The quantitative estimate of drug-likeness (QED) is 0.493. The third-order valence-electron chi connectivity index (χ3n) is 1.43. The molecule has 2 nitrogen and oxygen atoms in total. The fourth-order valence-corrected chi connectivity index (χ4v) is 1.40. The van der Waals surface area contributed by atoms with Crippen molar-refractivity contribution in [3.05, 3.63) is 0 Å². The first-order chi connectivity index (χ1) is 4.22. The summed E-state index contributed by atoms with van der Waals surface area (Å²) in [5, 5.41) is 0.375. The number of thiol groups is 1.